The van der Waals surface area contributed by atoms with Gasteiger partial charge in [0.2, 0.25) is 5.91 Å². The van der Waals surface area contributed by atoms with Crippen molar-refractivity contribution in [1.82, 2.24) is 5.32 Å². The summed E-state index contributed by atoms with van der Waals surface area (Å²) in [4.78, 5) is 45.5. The summed E-state index contributed by atoms with van der Waals surface area (Å²) >= 11 is 0. The largest absolute Gasteiger partial charge is 0.469 e. The topological polar surface area (TPSA) is 125 Å². The van der Waals surface area contributed by atoms with Gasteiger partial charge in [-0.2, -0.15) is 0 Å². The molecule has 1 unspecified atom stereocenters. The first-order chi connectivity index (χ1) is 12.4. The summed E-state index contributed by atoms with van der Waals surface area (Å²) in [6.45, 7) is 3.51. The van der Waals surface area contributed by atoms with Crippen LogP contribution in [0.3, 0.4) is 0 Å². The van der Waals surface area contributed by atoms with Crippen molar-refractivity contribution in [2.24, 2.45) is 0 Å². The highest BCUT2D eigenvalue weighted by atomic mass is 16.6. The highest BCUT2D eigenvalue weighted by Crippen LogP contribution is 2.18. The zero-order valence-corrected chi connectivity index (χ0v) is 14.3. The number of allylic oxidation sites excluding steroid dienone is 1. The number of methoxy groups -OCH3 is 1. The fourth-order valence-corrected chi connectivity index (χ4v) is 1.94. The van der Waals surface area contributed by atoms with Gasteiger partial charge in [0.15, 0.2) is 0 Å². The standard InChI is InChI=1S/C17H20N2O7/c1-3-4-5-15(20)18-14(10-11-16(21)25-2)17(22)26-13-8-6-12(7-9-13)19(23)24/h3,6-9,14H,1,4-5,10-11H2,2H3,(H,18,20). The molecule has 0 aliphatic carbocycles. The van der Waals surface area contributed by atoms with Crippen LogP contribution < -0.4 is 10.1 Å². The van der Waals surface area contributed by atoms with Crippen LogP contribution in [0.5, 0.6) is 5.75 Å². The van der Waals surface area contributed by atoms with Crippen LogP contribution in [0, 0.1) is 10.1 Å². The molecular weight excluding hydrogens is 344 g/mol. The molecule has 1 atom stereocenters. The lowest BCUT2D eigenvalue weighted by Gasteiger charge is -2.17. The Hall–Kier alpha value is -3.23. The number of hydrogen-bond acceptors (Lipinski definition) is 7. The molecule has 9 heteroatoms. The summed E-state index contributed by atoms with van der Waals surface area (Å²) in [5.41, 5.74) is -0.148. The third-order valence-electron chi connectivity index (χ3n) is 3.33. The first kappa shape index (κ1) is 20.8. The number of carbonyl (C=O) groups excluding carboxylic acids is 3. The lowest BCUT2D eigenvalue weighted by atomic mass is 10.1. The maximum atomic E-state index is 12.3. The van der Waals surface area contributed by atoms with E-state index in [9.17, 15) is 24.5 Å². The van der Waals surface area contributed by atoms with E-state index in [4.69, 9.17) is 4.74 Å². The predicted molar refractivity (Wildman–Crippen MR) is 91.3 cm³/mol. The molecule has 0 aromatic heterocycles. The first-order valence-corrected chi connectivity index (χ1v) is 7.80. The molecule has 0 bridgehead atoms. The molecule has 0 aliphatic rings. The maximum absolute atomic E-state index is 12.3. The van der Waals surface area contributed by atoms with Crippen LogP contribution in [0.1, 0.15) is 25.7 Å². The number of nitro groups is 1. The summed E-state index contributed by atoms with van der Waals surface area (Å²) in [6.07, 6.45) is 2.06. The predicted octanol–water partition coefficient (Wildman–Crippen LogP) is 1.90. The average molecular weight is 364 g/mol. The second kappa shape index (κ2) is 10.6. The van der Waals surface area contributed by atoms with Gasteiger partial charge in [0.25, 0.3) is 5.69 Å². The van der Waals surface area contributed by atoms with Crippen LogP contribution in [0.25, 0.3) is 0 Å². The average Bonchev–Trinajstić information content (AvgIpc) is 2.63. The fraction of sp³-hybridized carbons (Fsp3) is 0.353. The van der Waals surface area contributed by atoms with Crippen LogP contribution in [-0.4, -0.2) is 35.9 Å². The molecule has 0 saturated carbocycles. The van der Waals surface area contributed by atoms with Crippen molar-refractivity contribution < 1.29 is 28.8 Å². The molecule has 1 rings (SSSR count). The molecule has 26 heavy (non-hydrogen) atoms. The number of rotatable bonds is 10. The van der Waals surface area contributed by atoms with E-state index in [1.54, 1.807) is 6.08 Å². The SMILES string of the molecule is C=CCCC(=O)NC(CCC(=O)OC)C(=O)Oc1ccc([N+](=O)[O-])cc1. The summed E-state index contributed by atoms with van der Waals surface area (Å²) in [5, 5.41) is 13.1. The lowest BCUT2D eigenvalue weighted by Crippen LogP contribution is -2.43. The van der Waals surface area contributed by atoms with Gasteiger partial charge in [0, 0.05) is 25.0 Å². The van der Waals surface area contributed by atoms with Crippen LogP contribution in [0.2, 0.25) is 0 Å². The summed E-state index contributed by atoms with van der Waals surface area (Å²) in [5.74, 6) is -1.61. The monoisotopic (exact) mass is 364 g/mol. The Morgan fingerprint density at radius 2 is 1.92 bits per heavy atom. The molecule has 0 fully saturated rings. The minimum Gasteiger partial charge on any atom is -0.469 e. The molecule has 140 valence electrons. The van der Waals surface area contributed by atoms with Crippen molar-refractivity contribution in [1.29, 1.82) is 0 Å². The minimum absolute atomic E-state index is 0.00167. The van der Waals surface area contributed by atoms with E-state index in [1.807, 2.05) is 0 Å². The summed E-state index contributed by atoms with van der Waals surface area (Å²) in [6, 6.07) is 3.87. The maximum Gasteiger partial charge on any atom is 0.334 e. The molecule has 0 heterocycles. The van der Waals surface area contributed by atoms with Gasteiger partial charge < -0.3 is 14.8 Å². The van der Waals surface area contributed by atoms with Crippen molar-refractivity contribution in [3.8, 4) is 5.75 Å². The quantitative estimate of drug-likeness (QED) is 0.221. The molecule has 0 spiro atoms. The molecule has 1 amide bonds. The Bertz CT molecular complexity index is 670. The number of benzene rings is 1. The Balaban J connectivity index is 2.77. The van der Waals surface area contributed by atoms with Gasteiger partial charge in [0.05, 0.1) is 12.0 Å². The number of esters is 2. The second-order valence-electron chi connectivity index (χ2n) is 5.23. The molecule has 1 N–H and O–H groups in total. The van der Waals surface area contributed by atoms with Crippen molar-refractivity contribution >= 4 is 23.5 Å². The highest BCUT2D eigenvalue weighted by Gasteiger charge is 2.24. The van der Waals surface area contributed by atoms with E-state index in [0.29, 0.717) is 6.42 Å². The number of ether oxygens (including phenoxy) is 2. The molecule has 1 aromatic rings. The van der Waals surface area contributed by atoms with E-state index in [1.165, 1.54) is 31.4 Å². The van der Waals surface area contributed by atoms with Crippen LogP contribution in [0.4, 0.5) is 5.69 Å². The lowest BCUT2D eigenvalue weighted by molar-refractivity contribution is -0.384. The number of nitrogens with one attached hydrogen (secondary N) is 1. The minimum atomic E-state index is -1.05. The molecule has 0 saturated heterocycles. The Morgan fingerprint density at radius 1 is 1.27 bits per heavy atom. The summed E-state index contributed by atoms with van der Waals surface area (Å²) in [7, 11) is 1.22. The first-order valence-electron chi connectivity index (χ1n) is 7.80. The van der Waals surface area contributed by atoms with Gasteiger partial charge in [-0.05, 0) is 25.0 Å². The van der Waals surface area contributed by atoms with Crippen molar-refractivity contribution in [3.05, 3.63) is 47.0 Å². The van der Waals surface area contributed by atoms with Gasteiger partial charge >= 0.3 is 11.9 Å². The normalized spacial score (nSPS) is 11.1. The number of non-ortho nitro benzene ring substituents is 1. The van der Waals surface area contributed by atoms with Gasteiger partial charge in [-0.25, -0.2) is 4.79 Å². The molecular formula is C17H20N2O7. The summed E-state index contributed by atoms with van der Waals surface area (Å²) < 4.78 is 9.66. The van der Waals surface area contributed by atoms with Gasteiger partial charge in [-0.15, -0.1) is 6.58 Å². The zero-order chi connectivity index (χ0) is 19.5. The number of amides is 1. The highest BCUT2D eigenvalue weighted by molar-refractivity contribution is 5.86. The van der Waals surface area contributed by atoms with Gasteiger partial charge in [-0.1, -0.05) is 6.08 Å². The number of carbonyl (C=O) groups is 3. The third-order valence-corrected chi connectivity index (χ3v) is 3.33. The molecule has 0 aliphatic heterocycles. The van der Waals surface area contributed by atoms with Crippen molar-refractivity contribution in [3.63, 3.8) is 0 Å². The van der Waals surface area contributed by atoms with E-state index in [0.717, 1.165) is 0 Å². The Morgan fingerprint density at radius 3 is 2.46 bits per heavy atom. The Labute approximate surface area is 150 Å². The van der Waals surface area contributed by atoms with E-state index < -0.39 is 22.9 Å². The molecule has 9 nitrogen and oxygen atoms in total. The van der Waals surface area contributed by atoms with Gasteiger partial charge in [-0.3, -0.25) is 19.7 Å². The molecule has 0 radical (unpaired) electrons. The van der Waals surface area contributed by atoms with Gasteiger partial charge in [0.1, 0.15) is 11.8 Å². The van der Waals surface area contributed by atoms with Crippen LogP contribution in [0.15, 0.2) is 36.9 Å². The second-order valence-corrected chi connectivity index (χ2v) is 5.23. The van der Waals surface area contributed by atoms with E-state index >= 15 is 0 Å². The fourth-order valence-electron chi connectivity index (χ4n) is 1.94. The van der Waals surface area contributed by atoms with Crippen molar-refractivity contribution in [2.45, 2.75) is 31.7 Å². The van der Waals surface area contributed by atoms with E-state index in [2.05, 4.69) is 16.6 Å². The van der Waals surface area contributed by atoms with Crippen molar-refractivity contribution in [2.75, 3.05) is 7.11 Å². The van der Waals surface area contributed by atoms with E-state index in [-0.39, 0.29) is 36.6 Å². The smallest absolute Gasteiger partial charge is 0.334 e. The number of nitrogens with zero attached hydrogens (tertiary/aromatic N) is 1. The zero-order valence-electron chi connectivity index (χ0n) is 14.3. The Kier molecular flexibility index (Phi) is 8.48. The van der Waals surface area contributed by atoms with Crippen LogP contribution >= 0.6 is 0 Å². The number of nitro benzene ring substituents is 1. The molecule has 1 aromatic carbocycles. The number of hydrogen-bond donors (Lipinski definition) is 1. The van der Waals surface area contributed by atoms with Crippen LogP contribution in [-0.2, 0) is 19.1 Å². The third kappa shape index (κ3) is 7.12.